The highest BCUT2D eigenvalue weighted by Gasteiger charge is 2.25. The van der Waals surface area contributed by atoms with E-state index in [1.54, 1.807) is 10.8 Å². The average Bonchev–Trinajstić information content (AvgIpc) is 3.22. The third kappa shape index (κ3) is 5.42. The summed E-state index contributed by atoms with van der Waals surface area (Å²) in [5.74, 6) is 1.18. The topological polar surface area (TPSA) is 61.5 Å². The Kier molecular flexibility index (Phi) is 7.90. The van der Waals surface area contributed by atoms with E-state index >= 15 is 0 Å². The maximum atomic E-state index is 13.0. The summed E-state index contributed by atoms with van der Waals surface area (Å²) in [6, 6.07) is 22.0. The molecular weight excluding hydrogens is 464 g/mol. The van der Waals surface area contributed by atoms with E-state index in [4.69, 9.17) is 14.6 Å². The van der Waals surface area contributed by atoms with Gasteiger partial charge in [-0.05, 0) is 37.6 Å². The molecule has 35 heavy (non-hydrogen) atoms. The lowest BCUT2D eigenvalue weighted by molar-refractivity contribution is -0.0380. The molecule has 3 heterocycles. The SMILES string of the molecule is CC1COC[C@H](C)N1CCn1nc(-n2ccc(OCc3ccccc3)cc2=O)c2ccccc21.Cl. The smallest absolute Gasteiger partial charge is 0.260 e. The fraction of sp³-hybridized carbons (Fsp3) is 0.333. The van der Waals surface area contributed by atoms with Crippen molar-refractivity contribution in [2.75, 3.05) is 19.8 Å². The Labute approximate surface area is 211 Å². The number of halogens is 1. The van der Waals surface area contributed by atoms with Crippen LogP contribution in [0.5, 0.6) is 5.75 Å². The minimum Gasteiger partial charge on any atom is -0.489 e. The summed E-state index contributed by atoms with van der Waals surface area (Å²) in [5, 5.41) is 5.81. The summed E-state index contributed by atoms with van der Waals surface area (Å²) in [4.78, 5) is 15.5. The highest BCUT2D eigenvalue weighted by Crippen LogP contribution is 2.22. The molecule has 4 aromatic rings. The van der Waals surface area contributed by atoms with Crippen LogP contribution in [0.25, 0.3) is 16.7 Å². The highest BCUT2D eigenvalue weighted by atomic mass is 35.5. The van der Waals surface area contributed by atoms with E-state index in [-0.39, 0.29) is 18.0 Å². The number of benzene rings is 2. The lowest BCUT2D eigenvalue weighted by Gasteiger charge is -2.38. The second kappa shape index (κ2) is 11.1. The van der Waals surface area contributed by atoms with Gasteiger partial charge in [0.1, 0.15) is 12.4 Å². The van der Waals surface area contributed by atoms with Crippen LogP contribution in [0.3, 0.4) is 0 Å². The predicted octanol–water partition coefficient (Wildman–Crippen LogP) is 4.30. The van der Waals surface area contributed by atoms with Gasteiger partial charge in [-0.2, -0.15) is 5.10 Å². The molecule has 1 unspecified atom stereocenters. The van der Waals surface area contributed by atoms with Crippen LogP contribution in [0.15, 0.2) is 77.7 Å². The summed E-state index contributed by atoms with van der Waals surface area (Å²) in [6.45, 7) is 7.93. The monoisotopic (exact) mass is 494 g/mol. The van der Waals surface area contributed by atoms with E-state index in [0.717, 1.165) is 42.8 Å². The first kappa shape index (κ1) is 25.0. The molecule has 8 heteroatoms. The molecule has 2 aromatic carbocycles. The molecular formula is C27H31ClN4O3. The molecule has 0 bridgehead atoms. The van der Waals surface area contributed by atoms with Crippen molar-refractivity contribution < 1.29 is 9.47 Å². The zero-order chi connectivity index (χ0) is 23.5. The zero-order valence-electron chi connectivity index (χ0n) is 20.0. The Morgan fingerprint density at radius 2 is 1.69 bits per heavy atom. The van der Waals surface area contributed by atoms with Crippen LogP contribution in [0, 0.1) is 0 Å². The van der Waals surface area contributed by atoms with Crippen LogP contribution in [0.1, 0.15) is 19.4 Å². The summed E-state index contributed by atoms with van der Waals surface area (Å²) >= 11 is 0. The summed E-state index contributed by atoms with van der Waals surface area (Å²) < 4.78 is 15.1. The number of pyridine rings is 1. The second-order valence-electron chi connectivity index (χ2n) is 8.88. The largest absolute Gasteiger partial charge is 0.489 e. The van der Waals surface area contributed by atoms with E-state index in [2.05, 4.69) is 24.8 Å². The molecule has 184 valence electrons. The van der Waals surface area contributed by atoms with Gasteiger partial charge in [-0.1, -0.05) is 42.5 Å². The molecule has 1 aliphatic rings. The Morgan fingerprint density at radius 1 is 0.971 bits per heavy atom. The van der Waals surface area contributed by atoms with Gasteiger partial charge < -0.3 is 9.47 Å². The molecule has 5 rings (SSSR count). The standard InChI is InChI=1S/C27H30N4O3.ClH/c1-20-17-33-18-21(2)29(20)14-15-31-25-11-7-6-10-24(25)27(28-31)30-13-12-23(16-26(30)32)34-19-22-8-4-3-5-9-22;/h3-13,16,20-21H,14-15,17-19H2,1-2H3;1H/t20-,21?;/m0./s1. The van der Waals surface area contributed by atoms with Crippen LogP contribution in [-0.2, 0) is 17.9 Å². The molecule has 0 aliphatic carbocycles. The minimum absolute atomic E-state index is 0. The Hall–Kier alpha value is -3.13. The van der Waals surface area contributed by atoms with Crippen molar-refractivity contribution >= 4 is 23.3 Å². The molecule has 1 aliphatic heterocycles. The minimum atomic E-state index is -0.170. The highest BCUT2D eigenvalue weighted by molar-refractivity contribution is 5.86. The van der Waals surface area contributed by atoms with Crippen LogP contribution in [0.4, 0.5) is 0 Å². The molecule has 7 nitrogen and oxygen atoms in total. The van der Waals surface area contributed by atoms with Crippen molar-refractivity contribution in [3.8, 4) is 11.6 Å². The van der Waals surface area contributed by atoms with Crippen LogP contribution in [-0.4, -0.2) is 51.1 Å². The zero-order valence-corrected chi connectivity index (χ0v) is 20.9. The van der Waals surface area contributed by atoms with Gasteiger partial charge in [0, 0.05) is 36.3 Å². The number of rotatable bonds is 7. The number of ether oxygens (including phenoxy) is 2. The van der Waals surface area contributed by atoms with Gasteiger partial charge >= 0.3 is 0 Å². The molecule has 2 atom stereocenters. The van der Waals surface area contributed by atoms with Crippen molar-refractivity contribution in [3.63, 3.8) is 0 Å². The fourth-order valence-corrected chi connectivity index (χ4v) is 4.61. The number of hydrogen-bond donors (Lipinski definition) is 0. The fourth-order valence-electron chi connectivity index (χ4n) is 4.61. The Bertz CT molecular complexity index is 1310. The van der Waals surface area contributed by atoms with Crippen LogP contribution >= 0.6 is 12.4 Å². The summed E-state index contributed by atoms with van der Waals surface area (Å²) in [5.41, 5.74) is 1.90. The number of fused-ring (bicyclic) bond motifs is 1. The molecule has 0 spiro atoms. The Morgan fingerprint density at radius 3 is 2.43 bits per heavy atom. The first-order valence-corrected chi connectivity index (χ1v) is 11.8. The van der Waals surface area contributed by atoms with Gasteiger partial charge in [0.25, 0.3) is 5.56 Å². The van der Waals surface area contributed by atoms with Crippen LogP contribution in [0.2, 0.25) is 0 Å². The van der Waals surface area contributed by atoms with E-state index in [0.29, 0.717) is 30.3 Å². The van der Waals surface area contributed by atoms with Crippen molar-refractivity contribution in [1.29, 1.82) is 0 Å². The molecule has 1 fully saturated rings. The number of morpholine rings is 1. The normalized spacial score (nSPS) is 18.3. The molecule has 0 amide bonds. The van der Waals surface area contributed by atoms with E-state index < -0.39 is 0 Å². The summed E-state index contributed by atoms with van der Waals surface area (Å²) in [6.07, 6.45) is 1.74. The second-order valence-corrected chi connectivity index (χ2v) is 8.88. The van der Waals surface area contributed by atoms with Crippen molar-refractivity contribution in [2.45, 2.75) is 39.1 Å². The Balaban J connectivity index is 0.00000289. The quantitative estimate of drug-likeness (QED) is 0.383. The van der Waals surface area contributed by atoms with Crippen molar-refractivity contribution in [1.82, 2.24) is 19.2 Å². The maximum absolute atomic E-state index is 13.0. The van der Waals surface area contributed by atoms with Gasteiger partial charge in [0.05, 0.1) is 25.3 Å². The maximum Gasteiger partial charge on any atom is 0.260 e. The van der Waals surface area contributed by atoms with Crippen molar-refractivity contribution in [3.05, 3.63) is 88.8 Å². The molecule has 2 aromatic heterocycles. The first-order chi connectivity index (χ1) is 16.6. The summed E-state index contributed by atoms with van der Waals surface area (Å²) in [7, 11) is 0. The van der Waals surface area contributed by atoms with Crippen molar-refractivity contribution in [2.24, 2.45) is 0 Å². The van der Waals surface area contributed by atoms with Gasteiger partial charge in [-0.25, -0.2) is 0 Å². The van der Waals surface area contributed by atoms with Gasteiger partial charge in [0.15, 0.2) is 5.82 Å². The molecule has 0 saturated carbocycles. The number of para-hydroxylation sites is 1. The van der Waals surface area contributed by atoms with E-state index in [9.17, 15) is 4.79 Å². The molecule has 0 radical (unpaired) electrons. The lowest BCUT2D eigenvalue weighted by atomic mass is 10.2. The molecule has 1 saturated heterocycles. The van der Waals surface area contributed by atoms with Gasteiger partial charge in [0.2, 0.25) is 0 Å². The van der Waals surface area contributed by atoms with Gasteiger partial charge in [-0.15, -0.1) is 12.4 Å². The lowest BCUT2D eigenvalue weighted by Crippen LogP contribution is -2.50. The number of aromatic nitrogens is 3. The van der Waals surface area contributed by atoms with Gasteiger partial charge in [-0.3, -0.25) is 18.9 Å². The van der Waals surface area contributed by atoms with E-state index in [1.165, 1.54) is 6.07 Å². The predicted molar refractivity (Wildman–Crippen MR) is 140 cm³/mol. The van der Waals surface area contributed by atoms with E-state index in [1.807, 2.05) is 59.3 Å². The van der Waals surface area contributed by atoms with Crippen LogP contribution < -0.4 is 10.3 Å². The molecule has 0 N–H and O–H groups in total. The average molecular weight is 495 g/mol. The third-order valence-corrected chi connectivity index (χ3v) is 6.43. The third-order valence-electron chi connectivity index (χ3n) is 6.43. The first-order valence-electron chi connectivity index (χ1n) is 11.8. The number of nitrogens with zero attached hydrogens (tertiary/aromatic N) is 4. The number of hydrogen-bond acceptors (Lipinski definition) is 5.